The molecule has 0 bridgehead atoms. The molecule has 0 heterocycles. The molecule has 0 amide bonds. The minimum atomic E-state index is -0.693. The fourth-order valence-corrected chi connectivity index (χ4v) is 4.47. The van der Waals surface area contributed by atoms with Gasteiger partial charge in [-0.15, -0.1) is 0 Å². The first-order valence-electron chi connectivity index (χ1n) is 7.69. The van der Waals surface area contributed by atoms with Gasteiger partial charge >= 0.3 is 0 Å². The molecule has 1 atom stereocenters. The highest BCUT2D eigenvalue weighted by atomic mass is 31.2. The Bertz CT molecular complexity index is 264. The van der Waals surface area contributed by atoms with Crippen LogP contribution in [0, 0.1) is 5.92 Å². The molecule has 0 spiro atoms. The SMILES string of the molecule is C/C=C\NCCC(OC)C1CC(P(OCC)OCC)C1. The van der Waals surface area contributed by atoms with Gasteiger partial charge in [-0.05, 0) is 52.2 Å². The Morgan fingerprint density at radius 3 is 2.40 bits per heavy atom. The van der Waals surface area contributed by atoms with Gasteiger partial charge in [-0.25, -0.2) is 0 Å². The highest BCUT2D eigenvalue weighted by molar-refractivity contribution is 7.48. The molecule has 1 saturated carbocycles. The number of hydrogen-bond acceptors (Lipinski definition) is 4. The van der Waals surface area contributed by atoms with Crippen molar-refractivity contribution in [2.45, 2.75) is 51.8 Å². The Hall–Kier alpha value is -0.150. The normalized spacial score (nSPS) is 24.1. The van der Waals surface area contributed by atoms with E-state index in [-0.39, 0.29) is 0 Å². The summed E-state index contributed by atoms with van der Waals surface area (Å²) in [4.78, 5) is 0. The van der Waals surface area contributed by atoms with Crippen molar-refractivity contribution in [3.63, 3.8) is 0 Å². The predicted molar refractivity (Wildman–Crippen MR) is 84.9 cm³/mol. The van der Waals surface area contributed by atoms with Gasteiger partial charge in [0.25, 0.3) is 0 Å². The topological polar surface area (TPSA) is 39.7 Å². The Morgan fingerprint density at radius 2 is 1.90 bits per heavy atom. The molecule has 5 heteroatoms. The summed E-state index contributed by atoms with van der Waals surface area (Å²) in [6, 6.07) is 0. The molecule has 118 valence electrons. The zero-order valence-corrected chi connectivity index (χ0v) is 14.2. The third-order valence-electron chi connectivity index (χ3n) is 3.65. The van der Waals surface area contributed by atoms with E-state index in [1.54, 1.807) is 0 Å². The molecule has 0 aromatic carbocycles. The Labute approximate surface area is 125 Å². The number of nitrogens with one attached hydrogen (secondary N) is 1. The first-order chi connectivity index (χ1) is 9.76. The average Bonchev–Trinajstić information content (AvgIpc) is 2.40. The van der Waals surface area contributed by atoms with Crippen LogP contribution in [0.4, 0.5) is 0 Å². The van der Waals surface area contributed by atoms with Crippen LogP contribution in [0.3, 0.4) is 0 Å². The third kappa shape index (κ3) is 5.69. The first kappa shape index (κ1) is 17.9. The molecule has 0 aliphatic heterocycles. The summed E-state index contributed by atoms with van der Waals surface area (Å²) in [7, 11) is 1.13. The molecule has 1 unspecified atom stereocenters. The van der Waals surface area contributed by atoms with Gasteiger partial charge in [0.15, 0.2) is 8.38 Å². The van der Waals surface area contributed by atoms with Crippen molar-refractivity contribution in [3.05, 3.63) is 12.3 Å². The fourth-order valence-electron chi connectivity index (χ4n) is 2.58. The van der Waals surface area contributed by atoms with Crippen molar-refractivity contribution < 1.29 is 13.8 Å². The summed E-state index contributed by atoms with van der Waals surface area (Å²) < 4.78 is 17.1. The highest BCUT2D eigenvalue weighted by Gasteiger charge is 2.40. The number of ether oxygens (including phenoxy) is 1. The summed E-state index contributed by atoms with van der Waals surface area (Å²) in [5.41, 5.74) is 0.594. The summed E-state index contributed by atoms with van der Waals surface area (Å²) >= 11 is 0. The molecular formula is C15H30NO3P. The van der Waals surface area contributed by atoms with E-state index in [0.29, 0.717) is 17.7 Å². The zero-order chi connectivity index (χ0) is 14.8. The first-order valence-corrected chi connectivity index (χ1v) is 8.93. The molecule has 4 nitrogen and oxygen atoms in total. The minimum Gasteiger partial charge on any atom is -0.391 e. The molecule has 0 aromatic heterocycles. The van der Waals surface area contributed by atoms with E-state index in [9.17, 15) is 0 Å². The van der Waals surface area contributed by atoms with E-state index in [4.69, 9.17) is 13.8 Å². The van der Waals surface area contributed by atoms with Crippen molar-refractivity contribution in [1.82, 2.24) is 5.32 Å². The van der Waals surface area contributed by atoms with Crippen molar-refractivity contribution in [2.75, 3.05) is 26.9 Å². The van der Waals surface area contributed by atoms with Gasteiger partial charge in [-0.1, -0.05) is 6.08 Å². The average molecular weight is 303 g/mol. The Balaban J connectivity index is 2.28. The monoisotopic (exact) mass is 303 g/mol. The summed E-state index contributed by atoms with van der Waals surface area (Å²) in [5.74, 6) is 0.656. The van der Waals surface area contributed by atoms with Crippen LogP contribution < -0.4 is 5.32 Å². The van der Waals surface area contributed by atoms with Crippen LogP contribution in [-0.2, 0) is 13.8 Å². The molecule has 1 rings (SSSR count). The second-order valence-corrected chi connectivity index (χ2v) is 6.84. The summed E-state index contributed by atoms with van der Waals surface area (Å²) in [6.07, 6.45) is 7.75. The molecule has 1 N–H and O–H groups in total. The number of allylic oxidation sites excluding steroid dienone is 1. The predicted octanol–water partition coefficient (Wildman–Crippen LogP) is 3.68. The minimum absolute atomic E-state index is 0.351. The van der Waals surface area contributed by atoms with Gasteiger partial charge in [0.1, 0.15) is 0 Å². The maximum Gasteiger partial charge on any atom is 0.173 e. The van der Waals surface area contributed by atoms with Crippen LogP contribution in [0.5, 0.6) is 0 Å². The lowest BCUT2D eigenvalue weighted by molar-refractivity contribution is 0.0134. The smallest absolute Gasteiger partial charge is 0.173 e. The van der Waals surface area contributed by atoms with Crippen LogP contribution in [0.25, 0.3) is 0 Å². The number of methoxy groups -OCH3 is 1. The van der Waals surface area contributed by atoms with Crippen LogP contribution in [0.15, 0.2) is 12.3 Å². The molecule has 0 radical (unpaired) electrons. The van der Waals surface area contributed by atoms with Crippen molar-refractivity contribution >= 4 is 8.38 Å². The van der Waals surface area contributed by atoms with Crippen LogP contribution in [-0.4, -0.2) is 38.6 Å². The molecule has 0 aromatic rings. The van der Waals surface area contributed by atoms with Gasteiger partial charge in [-0.3, -0.25) is 0 Å². The molecule has 0 saturated heterocycles. The van der Waals surface area contributed by atoms with E-state index >= 15 is 0 Å². The maximum atomic E-state index is 5.74. The second-order valence-electron chi connectivity index (χ2n) is 5.02. The number of rotatable bonds is 11. The van der Waals surface area contributed by atoms with E-state index in [0.717, 1.165) is 26.2 Å². The standard InChI is InChI=1S/C15H30NO3P/c1-5-9-16-10-8-15(17-4)13-11-14(12-13)20(18-6-2)19-7-3/h5,9,13-16H,6-8,10-12H2,1-4H3/b9-5-. The lowest BCUT2D eigenvalue weighted by atomic mass is 9.79. The van der Waals surface area contributed by atoms with Gasteiger partial charge in [0.05, 0.1) is 19.3 Å². The fraction of sp³-hybridized carbons (Fsp3) is 0.867. The molecule has 1 fully saturated rings. The van der Waals surface area contributed by atoms with Crippen LogP contribution >= 0.6 is 8.38 Å². The van der Waals surface area contributed by atoms with Crippen LogP contribution in [0.2, 0.25) is 0 Å². The number of hydrogen-bond donors (Lipinski definition) is 1. The van der Waals surface area contributed by atoms with Crippen molar-refractivity contribution in [1.29, 1.82) is 0 Å². The van der Waals surface area contributed by atoms with E-state index < -0.39 is 8.38 Å². The summed E-state index contributed by atoms with van der Waals surface area (Å²) in [5, 5.41) is 3.27. The lowest BCUT2D eigenvalue weighted by Gasteiger charge is -2.42. The van der Waals surface area contributed by atoms with Crippen molar-refractivity contribution in [3.8, 4) is 0 Å². The van der Waals surface area contributed by atoms with Gasteiger partial charge in [-0.2, -0.15) is 0 Å². The van der Waals surface area contributed by atoms with E-state index in [1.807, 2.05) is 40.2 Å². The largest absolute Gasteiger partial charge is 0.391 e. The molecular weight excluding hydrogens is 273 g/mol. The molecule has 1 aliphatic carbocycles. The summed E-state index contributed by atoms with van der Waals surface area (Å²) in [6.45, 7) is 8.54. The van der Waals surface area contributed by atoms with E-state index in [1.165, 1.54) is 12.8 Å². The van der Waals surface area contributed by atoms with Gasteiger partial charge in [0.2, 0.25) is 0 Å². The van der Waals surface area contributed by atoms with Crippen molar-refractivity contribution in [2.24, 2.45) is 5.92 Å². The maximum absolute atomic E-state index is 5.74. The third-order valence-corrected chi connectivity index (χ3v) is 5.69. The Morgan fingerprint density at radius 1 is 1.25 bits per heavy atom. The lowest BCUT2D eigenvalue weighted by Crippen LogP contribution is -2.39. The molecule has 20 heavy (non-hydrogen) atoms. The zero-order valence-electron chi connectivity index (χ0n) is 13.3. The Kier molecular flexibility index (Phi) is 9.45. The van der Waals surface area contributed by atoms with Crippen LogP contribution in [0.1, 0.15) is 40.0 Å². The second kappa shape index (κ2) is 10.6. The quantitative estimate of drug-likeness (QED) is 0.467. The van der Waals surface area contributed by atoms with E-state index in [2.05, 4.69) is 5.32 Å². The van der Waals surface area contributed by atoms with Gasteiger partial charge in [0, 0.05) is 19.3 Å². The van der Waals surface area contributed by atoms with Gasteiger partial charge < -0.3 is 19.1 Å². The highest BCUT2D eigenvalue weighted by Crippen LogP contribution is 2.55. The molecule has 1 aliphatic rings.